The fourth-order valence-electron chi connectivity index (χ4n) is 0.703. The zero-order valence-corrected chi connectivity index (χ0v) is 11.0. The third-order valence-corrected chi connectivity index (χ3v) is 1.28. The maximum absolute atomic E-state index is 10.3. The van der Waals surface area contributed by atoms with Crippen molar-refractivity contribution in [1.82, 2.24) is 6.15 Å². The van der Waals surface area contributed by atoms with Gasteiger partial charge >= 0.3 is 11.9 Å². The van der Waals surface area contributed by atoms with Gasteiger partial charge in [0, 0.05) is 54.1 Å². The quantitative estimate of drug-likeness (QED) is 0.436. The largest absolute Gasteiger partial charge is 0.550 e. The Morgan fingerprint density at radius 2 is 1.53 bits per heavy atom. The molecule has 1 atom stereocenters. The summed E-state index contributed by atoms with van der Waals surface area (Å²) in [6.45, 7) is 0. The van der Waals surface area contributed by atoms with Crippen LogP contribution < -0.4 is 11.3 Å². The maximum Gasteiger partial charge on any atom is 0.336 e. The molecule has 0 rings (SSSR count). The Balaban J connectivity index is -0.000000720. The van der Waals surface area contributed by atoms with Crippen LogP contribution in [0.5, 0.6) is 0 Å². The Hall–Kier alpha value is -0.293. The topological polar surface area (TPSA) is 171 Å². The van der Waals surface area contributed by atoms with Gasteiger partial charge in [0.25, 0.3) is 0 Å². The van der Waals surface area contributed by atoms with Gasteiger partial charge in [-0.15, -0.1) is 0 Å². The number of carbonyl (C=O) groups is 3. The van der Waals surface area contributed by atoms with E-state index >= 15 is 0 Å². The maximum atomic E-state index is 10.3. The molecule has 0 heterocycles. The standard InChI is InChI=1S/C6H8O7.Ce.H3N/c7-3(8)1-6(13,5(11)12)2-4(9)10;;/h13H,1-2H2,(H,7,8)(H,9,10)(H,11,12);;1H3. The Labute approximate surface area is 118 Å². The third-order valence-electron chi connectivity index (χ3n) is 1.28. The summed E-state index contributed by atoms with van der Waals surface area (Å²) in [6.07, 6.45) is -2.44. The van der Waals surface area contributed by atoms with Crippen molar-refractivity contribution in [2.75, 3.05) is 0 Å². The van der Waals surface area contributed by atoms with Crippen LogP contribution in [-0.2, 0) is 14.4 Å². The van der Waals surface area contributed by atoms with E-state index in [1.165, 1.54) is 0 Å². The van der Waals surface area contributed by atoms with Crippen molar-refractivity contribution in [3.05, 3.63) is 0 Å². The molecule has 15 heavy (non-hydrogen) atoms. The minimum Gasteiger partial charge on any atom is -0.550 e. The van der Waals surface area contributed by atoms with Crippen LogP contribution in [-0.4, -0.2) is 38.8 Å². The minimum absolute atomic E-state index is 0. The molecule has 0 aromatic rings. The summed E-state index contributed by atoms with van der Waals surface area (Å²) in [4.78, 5) is 30.3. The van der Waals surface area contributed by atoms with Crippen LogP contribution in [0.15, 0.2) is 0 Å². The molecule has 0 fully saturated rings. The fourth-order valence-corrected chi connectivity index (χ4v) is 0.703. The molecule has 0 saturated carbocycles. The van der Waals surface area contributed by atoms with Gasteiger partial charge in [0.05, 0.1) is 6.42 Å². The third kappa shape index (κ3) is 7.61. The second-order valence-electron chi connectivity index (χ2n) is 2.46. The van der Waals surface area contributed by atoms with Crippen LogP contribution in [0.2, 0.25) is 0 Å². The van der Waals surface area contributed by atoms with Crippen molar-refractivity contribution in [1.29, 1.82) is 0 Å². The number of hydrogen-bond donors (Lipinski definition) is 4. The predicted octanol–water partition coefficient (Wildman–Crippen LogP) is -2.21. The van der Waals surface area contributed by atoms with Gasteiger partial charge in [-0.05, 0) is 0 Å². The second-order valence-corrected chi connectivity index (χ2v) is 2.46. The van der Waals surface area contributed by atoms with Crippen LogP contribution >= 0.6 is 0 Å². The molecule has 0 aliphatic carbocycles. The summed E-state index contributed by atoms with van der Waals surface area (Å²) in [5.74, 6) is -5.34. The van der Waals surface area contributed by atoms with Crippen molar-refractivity contribution in [2.24, 2.45) is 0 Å². The molecule has 1 unspecified atom stereocenters. The van der Waals surface area contributed by atoms with Crippen LogP contribution in [0, 0.1) is 41.7 Å². The zero-order valence-electron chi connectivity index (χ0n) is 7.89. The average molecular weight is 349 g/mol. The van der Waals surface area contributed by atoms with Gasteiger partial charge < -0.3 is 31.4 Å². The summed E-state index contributed by atoms with van der Waals surface area (Å²) < 4.78 is 0. The summed E-state index contributed by atoms with van der Waals surface area (Å²) in [5.41, 5.74) is -2.80. The van der Waals surface area contributed by atoms with Crippen LogP contribution in [0.1, 0.15) is 12.8 Å². The molecule has 0 radical (unpaired) electrons. The Morgan fingerprint density at radius 1 is 1.13 bits per heavy atom. The molecule has 0 aliphatic heterocycles. The van der Waals surface area contributed by atoms with E-state index in [-0.39, 0.29) is 47.9 Å². The predicted molar refractivity (Wildman–Crippen MR) is 40.4 cm³/mol. The molecule has 7 N–H and O–H groups in total. The number of quaternary nitrogens is 1. The molecule has 0 bridgehead atoms. The van der Waals surface area contributed by atoms with E-state index in [4.69, 9.17) is 15.3 Å². The van der Waals surface area contributed by atoms with Crippen molar-refractivity contribution in [2.45, 2.75) is 18.4 Å². The molecule has 86 valence electrons. The van der Waals surface area contributed by atoms with Gasteiger partial charge in [-0.3, -0.25) is 4.79 Å². The molecule has 0 spiro atoms. The van der Waals surface area contributed by atoms with Crippen molar-refractivity contribution in [3.63, 3.8) is 0 Å². The number of carbonyl (C=O) groups excluding carboxylic acids is 1. The van der Waals surface area contributed by atoms with Gasteiger partial charge in [-0.25, -0.2) is 4.79 Å². The minimum atomic E-state index is -2.80. The van der Waals surface area contributed by atoms with Crippen LogP contribution in [0.25, 0.3) is 0 Å². The van der Waals surface area contributed by atoms with E-state index in [0.29, 0.717) is 0 Å². The first-order valence-electron chi connectivity index (χ1n) is 3.15. The molecule has 9 heteroatoms. The van der Waals surface area contributed by atoms with E-state index in [1.807, 2.05) is 0 Å². The monoisotopic (exact) mass is 349 g/mol. The molecule has 0 aromatic heterocycles. The zero-order chi connectivity index (χ0) is 10.6. The first-order valence-corrected chi connectivity index (χ1v) is 3.15. The number of hydrogen-bond acceptors (Lipinski definition) is 5. The van der Waals surface area contributed by atoms with Crippen molar-refractivity contribution >= 4 is 17.9 Å². The number of carboxylic acids is 3. The molecule has 8 nitrogen and oxygen atoms in total. The molecule has 0 amide bonds. The fraction of sp³-hybridized carbons (Fsp3) is 0.500. The first kappa shape index (κ1) is 20.2. The smallest absolute Gasteiger partial charge is 0.336 e. The number of rotatable bonds is 5. The van der Waals surface area contributed by atoms with Gasteiger partial charge in [0.2, 0.25) is 0 Å². The summed E-state index contributed by atoms with van der Waals surface area (Å²) in [5, 5.41) is 35.5. The van der Waals surface area contributed by atoms with Crippen molar-refractivity contribution < 1.29 is 76.6 Å². The Morgan fingerprint density at radius 3 is 1.73 bits per heavy atom. The normalized spacial score (nSPS) is 12.6. The number of aliphatic hydroxyl groups is 1. The molecular formula is C6H11CeNO7. The Kier molecular flexibility index (Phi) is 10.7. The Bertz CT molecular complexity index is 238. The summed E-state index contributed by atoms with van der Waals surface area (Å²) >= 11 is 0. The van der Waals surface area contributed by atoms with Gasteiger partial charge in [-0.2, -0.15) is 0 Å². The van der Waals surface area contributed by atoms with Crippen LogP contribution in [0.3, 0.4) is 0 Å². The number of carboxylic acid groups (broad SMARTS) is 3. The van der Waals surface area contributed by atoms with E-state index in [2.05, 4.69) is 0 Å². The van der Waals surface area contributed by atoms with Gasteiger partial charge in [-0.1, -0.05) is 0 Å². The van der Waals surface area contributed by atoms with E-state index in [9.17, 15) is 19.5 Å². The number of aliphatic carboxylic acids is 3. The van der Waals surface area contributed by atoms with Crippen LogP contribution in [0.4, 0.5) is 0 Å². The summed E-state index contributed by atoms with van der Waals surface area (Å²) in [6, 6.07) is 0. The van der Waals surface area contributed by atoms with E-state index in [1.54, 1.807) is 0 Å². The van der Waals surface area contributed by atoms with E-state index < -0.39 is 36.4 Å². The molecule has 0 aliphatic rings. The van der Waals surface area contributed by atoms with Crippen molar-refractivity contribution in [3.8, 4) is 0 Å². The van der Waals surface area contributed by atoms with Gasteiger partial charge in [0.1, 0.15) is 0 Å². The second kappa shape index (κ2) is 7.93. The van der Waals surface area contributed by atoms with E-state index in [0.717, 1.165) is 0 Å². The SMILES string of the molecule is O=C([O-])CC(O)(CC(=O)O)C(=O)O.[Ce].[NH4+]. The molecule has 0 aromatic carbocycles. The van der Waals surface area contributed by atoms with Gasteiger partial charge in [0.15, 0.2) is 5.60 Å². The first-order chi connectivity index (χ1) is 5.78. The molecular weight excluding hydrogens is 338 g/mol. The average Bonchev–Trinajstić information content (AvgIpc) is 1.82. The molecule has 0 saturated heterocycles. The summed E-state index contributed by atoms with van der Waals surface area (Å²) in [7, 11) is 0.